The van der Waals surface area contributed by atoms with Gasteiger partial charge in [-0.05, 0) is 64.7 Å². The predicted octanol–water partition coefficient (Wildman–Crippen LogP) is 4.19. The minimum Gasteiger partial charge on any atom is -0.481 e. The van der Waals surface area contributed by atoms with E-state index in [-0.39, 0.29) is 60.9 Å². The number of aliphatic carboxylic acids is 1. The molecule has 17 atom stereocenters. The molecule has 282 valence electrons. The maximum absolute atomic E-state index is 12.3. The smallest absolute Gasteiger partial charge is 0.309 e. The highest BCUT2D eigenvalue weighted by Gasteiger charge is 2.61. The molecular formula is C37H62O12. The van der Waals surface area contributed by atoms with E-state index in [2.05, 4.69) is 20.8 Å². The van der Waals surface area contributed by atoms with E-state index in [1.807, 2.05) is 27.7 Å². The van der Waals surface area contributed by atoms with E-state index in [4.69, 9.17) is 28.4 Å². The molecule has 5 rings (SSSR count). The van der Waals surface area contributed by atoms with Crippen molar-refractivity contribution in [1.82, 2.24) is 0 Å². The Morgan fingerprint density at radius 2 is 1.65 bits per heavy atom. The summed E-state index contributed by atoms with van der Waals surface area (Å²) in [4.78, 5) is 24.3. The fourth-order valence-electron chi connectivity index (χ4n) is 9.66. The van der Waals surface area contributed by atoms with Gasteiger partial charge in [0.2, 0.25) is 0 Å². The van der Waals surface area contributed by atoms with Gasteiger partial charge in [0.05, 0.1) is 60.4 Å². The van der Waals surface area contributed by atoms with E-state index in [0.717, 1.165) is 25.7 Å². The molecule has 17 unspecified atom stereocenters. The first-order chi connectivity index (χ1) is 22.8. The molecule has 0 aromatic heterocycles. The normalized spacial score (nSPS) is 49.1. The van der Waals surface area contributed by atoms with E-state index in [1.165, 1.54) is 6.92 Å². The fraction of sp³-hybridized carbons (Fsp3) is 0.946. The van der Waals surface area contributed by atoms with Gasteiger partial charge in [0, 0.05) is 37.0 Å². The van der Waals surface area contributed by atoms with E-state index in [0.29, 0.717) is 12.8 Å². The molecule has 4 N–H and O–H groups in total. The van der Waals surface area contributed by atoms with Crippen LogP contribution in [0.1, 0.15) is 114 Å². The number of aliphatic hydroxyl groups excluding tert-OH is 2. The summed E-state index contributed by atoms with van der Waals surface area (Å²) in [6.45, 7) is 16.7. The number of rotatable bonds is 10. The molecule has 0 aliphatic carbocycles. The molecule has 12 nitrogen and oxygen atoms in total. The van der Waals surface area contributed by atoms with Gasteiger partial charge in [-0.3, -0.25) is 9.59 Å². The van der Waals surface area contributed by atoms with Gasteiger partial charge in [-0.25, -0.2) is 0 Å². The number of esters is 1. The Balaban J connectivity index is 1.27. The van der Waals surface area contributed by atoms with Gasteiger partial charge in [-0.1, -0.05) is 41.5 Å². The van der Waals surface area contributed by atoms with Crippen molar-refractivity contribution >= 4 is 11.9 Å². The standard InChI is InChI=1S/C37H62O12/c1-10-28(40)45-30(24(7)33(41)42)23(6)31-22(5)25(39)17-36(47-31)14-13-34(8,49-36)27-11-12-35(9,46-27)32-20(3)16-26(44-32)29-19(2)15-21(4)37(43,18-38)48-29/h19-27,29-32,38-39,43H,10-18H2,1-9H3,(H,41,42). The summed E-state index contributed by atoms with van der Waals surface area (Å²) in [5, 5.41) is 42.0. The number of hydrogen-bond acceptors (Lipinski definition) is 11. The molecule has 0 aromatic rings. The Morgan fingerprint density at radius 1 is 0.959 bits per heavy atom. The van der Waals surface area contributed by atoms with Gasteiger partial charge in [-0.2, -0.15) is 0 Å². The Hall–Kier alpha value is -1.38. The van der Waals surface area contributed by atoms with Crippen LogP contribution in [-0.2, 0) is 38.0 Å². The lowest BCUT2D eigenvalue weighted by Gasteiger charge is -2.48. The first kappa shape index (κ1) is 38.8. The summed E-state index contributed by atoms with van der Waals surface area (Å²) in [5.74, 6) is -5.90. The van der Waals surface area contributed by atoms with Crippen LogP contribution in [0.3, 0.4) is 0 Å². The van der Waals surface area contributed by atoms with Crippen LogP contribution in [0.2, 0.25) is 0 Å². The van der Waals surface area contributed by atoms with Crippen LogP contribution >= 0.6 is 0 Å². The Morgan fingerprint density at radius 3 is 2.29 bits per heavy atom. The summed E-state index contributed by atoms with van der Waals surface area (Å²) in [6.07, 6.45) is 1.24. The van der Waals surface area contributed by atoms with Crippen LogP contribution in [0.15, 0.2) is 0 Å². The molecule has 0 bridgehead atoms. The van der Waals surface area contributed by atoms with Crippen molar-refractivity contribution in [3.8, 4) is 0 Å². The number of carbonyl (C=O) groups excluding carboxylic acids is 1. The minimum absolute atomic E-state index is 0.121. The molecule has 5 aliphatic rings. The zero-order valence-electron chi connectivity index (χ0n) is 30.9. The van der Waals surface area contributed by atoms with Crippen molar-refractivity contribution < 1.29 is 58.4 Å². The number of carboxylic acid groups (broad SMARTS) is 1. The molecule has 5 saturated heterocycles. The van der Waals surface area contributed by atoms with E-state index in [9.17, 15) is 30.0 Å². The number of carboxylic acids is 1. The lowest BCUT2D eigenvalue weighted by molar-refractivity contribution is -0.335. The average Bonchev–Trinajstić information content (AvgIpc) is 3.74. The minimum atomic E-state index is -1.58. The van der Waals surface area contributed by atoms with Crippen LogP contribution < -0.4 is 0 Å². The largest absolute Gasteiger partial charge is 0.481 e. The first-order valence-electron chi connectivity index (χ1n) is 18.6. The van der Waals surface area contributed by atoms with Gasteiger partial charge in [0.1, 0.15) is 6.10 Å². The zero-order valence-corrected chi connectivity index (χ0v) is 30.9. The Labute approximate surface area is 291 Å². The molecule has 1 spiro atoms. The molecule has 0 saturated carbocycles. The van der Waals surface area contributed by atoms with Crippen molar-refractivity contribution in [3.05, 3.63) is 0 Å². The molecule has 0 radical (unpaired) electrons. The molecule has 0 amide bonds. The topological polar surface area (TPSA) is 170 Å². The summed E-state index contributed by atoms with van der Waals surface area (Å²) >= 11 is 0. The van der Waals surface area contributed by atoms with Crippen LogP contribution in [-0.4, -0.2) is 104 Å². The number of carbonyl (C=O) groups is 2. The van der Waals surface area contributed by atoms with Crippen LogP contribution in [0, 0.1) is 35.5 Å². The lowest BCUT2D eigenvalue weighted by atomic mass is 9.78. The second kappa shape index (κ2) is 14.2. The molecule has 49 heavy (non-hydrogen) atoms. The van der Waals surface area contributed by atoms with Crippen molar-refractivity contribution in [2.75, 3.05) is 6.61 Å². The second-order valence-corrected chi connectivity index (χ2v) is 16.8. The quantitative estimate of drug-likeness (QED) is 0.240. The highest BCUT2D eigenvalue weighted by molar-refractivity contribution is 5.72. The monoisotopic (exact) mass is 698 g/mol. The molecule has 5 heterocycles. The molecular weight excluding hydrogens is 636 g/mol. The van der Waals surface area contributed by atoms with Crippen molar-refractivity contribution in [2.24, 2.45) is 35.5 Å². The fourth-order valence-corrected chi connectivity index (χ4v) is 9.66. The summed E-state index contributed by atoms with van der Waals surface area (Å²) in [5.41, 5.74) is -1.29. The first-order valence-corrected chi connectivity index (χ1v) is 18.6. The van der Waals surface area contributed by atoms with Gasteiger partial charge in [0.25, 0.3) is 0 Å². The molecule has 12 heteroatoms. The Bertz CT molecular complexity index is 1200. The average molecular weight is 699 g/mol. The van der Waals surface area contributed by atoms with E-state index in [1.54, 1.807) is 6.92 Å². The van der Waals surface area contributed by atoms with Gasteiger partial charge in [0.15, 0.2) is 11.6 Å². The third-order valence-corrected chi connectivity index (χ3v) is 12.9. The van der Waals surface area contributed by atoms with E-state index < -0.39 is 71.5 Å². The third-order valence-electron chi connectivity index (χ3n) is 12.9. The van der Waals surface area contributed by atoms with Gasteiger partial charge in [-0.15, -0.1) is 0 Å². The predicted molar refractivity (Wildman–Crippen MR) is 177 cm³/mol. The van der Waals surface area contributed by atoms with E-state index >= 15 is 0 Å². The van der Waals surface area contributed by atoms with Gasteiger partial charge >= 0.3 is 11.9 Å². The summed E-state index contributed by atoms with van der Waals surface area (Å²) < 4.78 is 39.1. The van der Waals surface area contributed by atoms with Crippen LogP contribution in [0.4, 0.5) is 0 Å². The highest BCUT2D eigenvalue weighted by Crippen LogP contribution is 2.54. The number of hydrogen-bond donors (Lipinski definition) is 4. The van der Waals surface area contributed by atoms with Crippen molar-refractivity contribution in [1.29, 1.82) is 0 Å². The molecule has 5 fully saturated rings. The third kappa shape index (κ3) is 7.32. The number of aliphatic hydroxyl groups is 3. The van der Waals surface area contributed by atoms with Crippen LogP contribution in [0.5, 0.6) is 0 Å². The maximum atomic E-state index is 12.3. The lowest BCUT2D eigenvalue weighted by Crippen LogP contribution is -2.57. The zero-order chi connectivity index (χ0) is 36.3. The second-order valence-electron chi connectivity index (χ2n) is 16.8. The molecule has 0 aromatic carbocycles. The van der Waals surface area contributed by atoms with Crippen LogP contribution in [0.25, 0.3) is 0 Å². The van der Waals surface area contributed by atoms with Crippen molar-refractivity contribution in [2.45, 2.75) is 179 Å². The summed E-state index contributed by atoms with van der Waals surface area (Å²) in [7, 11) is 0. The number of ether oxygens (including phenoxy) is 6. The molecule has 5 aliphatic heterocycles. The maximum Gasteiger partial charge on any atom is 0.309 e. The highest BCUT2D eigenvalue weighted by atomic mass is 16.7. The SMILES string of the molecule is CCC(=O)OC(C(C)C(=O)O)C(C)C1OC2(CCC(C)(C3CCC(C)(C4OC(C5OC(O)(CO)C(C)CC5C)CC4C)O3)O2)CC(O)C1C. The van der Waals surface area contributed by atoms with Crippen molar-refractivity contribution in [3.63, 3.8) is 0 Å². The summed E-state index contributed by atoms with van der Waals surface area (Å²) in [6, 6.07) is 0. The van der Waals surface area contributed by atoms with Gasteiger partial charge < -0.3 is 48.8 Å². The Kier molecular flexibility index (Phi) is 11.3.